The van der Waals surface area contributed by atoms with Gasteiger partial charge in [0.15, 0.2) is 0 Å². The second-order valence-corrected chi connectivity index (χ2v) is 3.28. The molecule has 0 aliphatic heterocycles. The number of hydrogen-bond donors (Lipinski definition) is 1. The highest BCUT2D eigenvalue weighted by Gasteiger charge is 1.90. The van der Waals surface area contributed by atoms with Crippen LogP contribution >= 0.6 is 0 Å². The summed E-state index contributed by atoms with van der Waals surface area (Å²) in [4.78, 5) is 4.09. The maximum atomic E-state index is 4.09. The van der Waals surface area contributed by atoms with E-state index < -0.39 is 0 Å². The average molecular weight is 190 g/mol. The van der Waals surface area contributed by atoms with Gasteiger partial charge in [-0.05, 0) is 43.6 Å². The van der Waals surface area contributed by atoms with Crippen molar-refractivity contribution in [1.82, 2.24) is 10.3 Å². The zero-order valence-electron chi connectivity index (χ0n) is 8.96. The first-order valence-electron chi connectivity index (χ1n) is 5.12. The van der Waals surface area contributed by atoms with Crippen LogP contribution in [0.4, 0.5) is 0 Å². The Labute approximate surface area is 86.1 Å². The summed E-state index contributed by atoms with van der Waals surface area (Å²) in [5, 5.41) is 3.28. The van der Waals surface area contributed by atoms with Crippen LogP contribution in [0.3, 0.4) is 0 Å². The second-order valence-electron chi connectivity index (χ2n) is 3.28. The van der Waals surface area contributed by atoms with E-state index in [9.17, 15) is 0 Å². The van der Waals surface area contributed by atoms with Crippen molar-refractivity contribution in [2.45, 2.75) is 20.3 Å². The van der Waals surface area contributed by atoms with Crippen LogP contribution in [0.15, 0.2) is 24.5 Å². The Balaban J connectivity index is 2.40. The first-order chi connectivity index (χ1) is 6.84. The van der Waals surface area contributed by atoms with E-state index in [-0.39, 0.29) is 0 Å². The van der Waals surface area contributed by atoms with Gasteiger partial charge in [-0.2, -0.15) is 0 Å². The Kier molecular flexibility index (Phi) is 4.94. The Bertz CT molecular complexity index is 292. The van der Waals surface area contributed by atoms with Gasteiger partial charge in [0.2, 0.25) is 0 Å². The minimum Gasteiger partial charge on any atom is -0.317 e. The minimum atomic E-state index is 1.04. The summed E-state index contributed by atoms with van der Waals surface area (Å²) in [6.45, 7) is 6.31. The molecule has 1 heterocycles. The lowest BCUT2D eigenvalue weighted by Gasteiger charge is -1.98. The van der Waals surface area contributed by atoms with Gasteiger partial charge < -0.3 is 5.32 Å². The van der Waals surface area contributed by atoms with Crippen molar-refractivity contribution in [2.75, 3.05) is 13.1 Å². The Hall–Kier alpha value is -1.15. The molecule has 0 amide bonds. The van der Waals surface area contributed by atoms with Crippen LogP contribution < -0.4 is 5.32 Å². The average Bonchev–Trinajstić information content (AvgIpc) is 2.20. The van der Waals surface area contributed by atoms with E-state index in [0.717, 1.165) is 19.5 Å². The fourth-order valence-electron chi connectivity index (χ4n) is 1.22. The highest BCUT2D eigenvalue weighted by Crippen LogP contribution is 2.06. The Morgan fingerprint density at radius 3 is 3.07 bits per heavy atom. The van der Waals surface area contributed by atoms with Crippen LogP contribution in [0.25, 0.3) is 6.08 Å². The number of aryl methyl sites for hydroxylation is 1. The topological polar surface area (TPSA) is 24.9 Å². The van der Waals surface area contributed by atoms with E-state index in [1.807, 2.05) is 18.5 Å². The standard InChI is InChI=1S/C12H18N2/c1-3-13-8-5-4-6-12-10-14-9-7-11(12)2/h4,6-7,9-10,13H,3,5,8H2,1-2H3. The van der Waals surface area contributed by atoms with E-state index in [1.54, 1.807) is 0 Å². The zero-order valence-corrected chi connectivity index (χ0v) is 8.96. The summed E-state index contributed by atoms with van der Waals surface area (Å²) in [7, 11) is 0. The number of rotatable bonds is 5. The van der Waals surface area contributed by atoms with Gasteiger partial charge in [0.25, 0.3) is 0 Å². The highest BCUT2D eigenvalue weighted by molar-refractivity contribution is 5.51. The molecule has 1 aromatic rings. The van der Waals surface area contributed by atoms with E-state index in [0.29, 0.717) is 0 Å². The van der Waals surface area contributed by atoms with Crippen molar-refractivity contribution >= 4 is 6.08 Å². The first-order valence-corrected chi connectivity index (χ1v) is 5.12. The molecule has 0 saturated carbocycles. The molecule has 1 rings (SSSR count). The summed E-state index contributed by atoms with van der Waals surface area (Å²) in [5.74, 6) is 0. The summed E-state index contributed by atoms with van der Waals surface area (Å²) in [6.07, 6.45) is 9.12. The zero-order chi connectivity index (χ0) is 10.2. The molecule has 0 aliphatic rings. The molecule has 0 atom stereocenters. The normalized spacial score (nSPS) is 11.0. The molecule has 0 aliphatic carbocycles. The molecule has 0 fully saturated rings. The molecule has 76 valence electrons. The van der Waals surface area contributed by atoms with Gasteiger partial charge in [0.05, 0.1) is 0 Å². The monoisotopic (exact) mass is 190 g/mol. The quantitative estimate of drug-likeness (QED) is 0.721. The molecule has 1 aromatic heterocycles. The third-order valence-corrected chi connectivity index (χ3v) is 2.11. The molecule has 0 spiro atoms. The second kappa shape index (κ2) is 6.33. The molecule has 0 saturated heterocycles. The van der Waals surface area contributed by atoms with Gasteiger partial charge in [-0.1, -0.05) is 19.1 Å². The van der Waals surface area contributed by atoms with Gasteiger partial charge in [-0.15, -0.1) is 0 Å². The van der Waals surface area contributed by atoms with Crippen LogP contribution in [0, 0.1) is 6.92 Å². The lowest BCUT2D eigenvalue weighted by molar-refractivity contribution is 0.727. The molecule has 0 unspecified atom stereocenters. The van der Waals surface area contributed by atoms with Crippen molar-refractivity contribution in [3.63, 3.8) is 0 Å². The van der Waals surface area contributed by atoms with Gasteiger partial charge in [-0.25, -0.2) is 0 Å². The van der Waals surface area contributed by atoms with E-state index in [4.69, 9.17) is 0 Å². The van der Waals surface area contributed by atoms with Gasteiger partial charge in [-0.3, -0.25) is 4.98 Å². The smallest absolute Gasteiger partial charge is 0.0342 e. The largest absolute Gasteiger partial charge is 0.317 e. The molecule has 14 heavy (non-hydrogen) atoms. The number of aromatic nitrogens is 1. The van der Waals surface area contributed by atoms with Crippen LogP contribution in [-0.4, -0.2) is 18.1 Å². The summed E-state index contributed by atoms with van der Waals surface area (Å²) in [5.41, 5.74) is 2.49. The fraction of sp³-hybridized carbons (Fsp3) is 0.417. The fourth-order valence-corrected chi connectivity index (χ4v) is 1.22. The van der Waals surface area contributed by atoms with Gasteiger partial charge >= 0.3 is 0 Å². The summed E-state index contributed by atoms with van der Waals surface area (Å²) in [6, 6.07) is 2.03. The predicted molar refractivity (Wildman–Crippen MR) is 61.2 cm³/mol. The first kappa shape index (κ1) is 10.9. The van der Waals surface area contributed by atoms with Crippen molar-refractivity contribution in [2.24, 2.45) is 0 Å². The molecule has 0 aromatic carbocycles. The van der Waals surface area contributed by atoms with E-state index >= 15 is 0 Å². The third-order valence-electron chi connectivity index (χ3n) is 2.11. The van der Waals surface area contributed by atoms with Crippen LogP contribution in [0.2, 0.25) is 0 Å². The maximum Gasteiger partial charge on any atom is 0.0342 e. The lowest BCUT2D eigenvalue weighted by atomic mass is 10.1. The molecule has 2 nitrogen and oxygen atoms in total. The molecule has 0 radical (unpaired) electrons. The Morgan fingerprint density at radius 1 is 1.50 bits per heavy atom. The molecule has 1 N–H and O–H groups in total. The number of nitrogens with one attached hydrogen (secondary N) is 1. The highest BCUT2D eigenvalue weighted by atomic mass is 14.8. The van der Waals surface area contributed by atoms with Gasteiger partial charge in [0.1, 0.15) is 0 Å². The lowest BCUT2D eigenvalue weighted by Crippen LogP contribution is -2.12. The number of pyridine rings is 1. The van der Waals surface area contributed by atoms with Crippen LogP contribution in [0.5, 0.6) is 0 Å². The predicted octanol–water partition coefficient (Wildman–Crippen LogP) is 2.40. The van der Waals surface area contributed by atoms with E-state index in [1.165, 1.54) is 11.1 Å². The van der Waals surface area contributed by atoms with Crippen LogP contribution in [0.1, 0.15) is 24.5 Å². The van der Waals surface area contributed by atoms with Crippen molar-refractivity contribution in [3.8, 4) is 0 Å². The maximum absolute atomic E-state index is 4.09. The van der Waals surface area contributed by atoms with Crippen molar-refractivity contribution in [1.29, 1.82) is 0 Å². The molecule has 0 bridgehead atoms. The van der Waals surface area contributed by atoms with Gasteiger partial charge in [0, 0.05) is 12.4 Å². The van der Waals surface area contributed by atoms with Crippen molar-refractivity contribution < 1.29 is 0 Å². The van der Waals surface area contributed by atoms with Crippen molar-refractivity contribution in [3.05, 3.63) is 35.7 Å². The SMILES string of the molecule is CCNCCC=Cc1cnccc1C. The van der Waals surface area contributed by atoms with Crippen LogP contribution in [-0.2, 0) is 0 Å². The van der Waals surface area contributed by atoms with E-state index in [2.05, 4.69) is 36.3 Å². The Morgan fingerprint density at radius 2 is 2.36 bits per heavy atom. The molecular weight excluding hydrogens is 172 g/mol. The molecular formula is C12H18N2. The summed E-state index contributed by atoms with van der Waals surface area (Å²) >= 11 is 0. The molecule has 2 heteroatoms. The third kappa shape index (κ3) is 3.71. The summed E-state index contributed by atoms with van der Waals surface area (Å²) < 4.78 is 0. The minimum absolute atomic E-state index is 1.04. The number of nitrogens with zero attached hydrogens (tertiary/aromatic N) is 1. The number of hydrogen-bond acceptors (Lipinski definition) is 2.